The second-order valence-corrected chi connectivity index (χ2v) is 3.88. The first kappa shape index (κ1) is 13.1. The van der Waals surface area contributed by atoms with Crippen LogP contribution in [0.25, 0.3) is 11.1 Å². The molecule has 17 heavy (non-hydrogen) atoms. The van der Waals surface area contributed by atoms with Gasteiger partial charge in [0.15, 0.2) is 0 Å². The summed E-state index contributed by atoms with van der Waals surface area (Å²) in [4.78, 5) is 0. The summed E-state index contributed by atoms with van der Waals surface area (Å²) in [5.74, 6) is 0. The molecule has 0 aliphatic heterocycles. The Morgan fingerprint density at radius 1 is 0.706 bits per heavy atom. The highest BCUT2D eigenvalue weighted by Crippen LogP contribution is 2.29. The molecule has 0 radical (unpaired) electrons. The lowest BCUT2D eigenvalue weighted by atomic mass is 10.0. The Morgan fingerprint density at radius 3 is 1.29 bits per heavy atom. The molecule has 2 nitrogen and oxygen atoms in total. The minimum absolute atomic E-state index is 0.755. The Labute approximate surface area is 103 Å². The molecule has 0 unspecified atom stereocenters. The summed E-state index contributed by atoms with van der Waals surface area (Å²) in [7, 11) is 0. The van der Waals surface area contributed by atoms with E-state index in [1.165, 1.54) is 6.42 Å². The van der Waals surface area contributed by atoms with Crippen LogP contribution in [0.15, 0.2) is 48.5 Å². The van der Waals surface area contributed by atoms with E-state index in [0.29, 0.717) is 0 Å². The average Bonchev–Trinajstić information content (AvgIpc) is 2.32. The van der Waals surface area contributed by atoms with Crippen LogP contribution in [-0.2, 0) is 0 Å². The van der Waals surface area contributed by atoms with Gasteiger partial charge in [-0.05, 0) is 12.1 Å². The first-order chi connectivity index (χ1) is 8.20. The lowest BCUT2D eigenvalue weighted by molar-refractivity contribution is 1.09. The molecule has 0 aliphatic carbocycles. The highest BCUT2D eigenvalue weighted by Gasteiger charge is 2.03. The fourth-order valence-electron chi connectivity index (χ4n) is 1.48. The lowest BCUT2D eigenvalue weighted by Crippen LogP contribution is -1.93. The number of hydrogen-bond donors (Lipinski definition) is 2. The maximum absolute atomic E-state index is 5.87. The fourth-order valence-corrected chi connectivity index (χ4v) is 1.48. The fraction of sp³-hybridized carbons (Fsp3) is 0.200. The standard InChI is InChI=1S/C12H12N2.C3H8/c13-11-7-3-1-5-9(11)10-6-2-4-8-12(10)14;1-3-2/h1-8H,13-14H2;3H2,1-2H3. The smallest absolute Gasteiger partial charge is 0.0394 e. The highest BCUT2D eigenvalue weighted by atomic mass is 14.6. The van der Waals surface area contributed by atoms with Crippen LogP contribution in [0.1, 0.15) is 20.3 Å². The van der Waals surface area contributed by atoms with Crippen molar-refractivity contribution in [2.75, 3.05) is 11.5 Å². The van der Waals surface area contributed by atoms with Crippen molar-refractivity contribution >= 4 is 11.4 Å². The quantitative estimate of drug-likeness (QED) is 0.726. The van der Waals surface area contributed by atoms with Crippen molar-refractivity contribution in [1.29, 1.82) is 0 Å². The minimum atomic E-state index is 0.755. The minimum Gasteiger partial charge on any atom is -0.398 e. The molecule has 0 saturated heterocycles. The van der Waals surface area contributed by atoms with Gasteiger partial charge in [0.25, 0.3) is 0 Å². The van der Waals surface area contributed by atoms with Crippen LogP contribution in [0.3, 0.4) is 0 Å². The monoisotopic (exact) mass is 228 g/mol. The van der Waals surface area contributed by atoms with Gasteiger partial charge in [0, 0.05) is 22.5 Å². The zero-order valence-electron chi connectivity index (χ0n) is 10.5. The molecule has 0 bridgehead atoms. The van der Waals surface area contributed by atoms with E-state index in [1.807, 2.05) is 48.5 Å². The number of hydrogen-bond acceptors (Lipinski definition) is 2. The molecule has 2 aromatic rings. The average molecular weight is 228 g/mol. The van der Waals surface area contributed by atoms with Gasteiger partial charge >= 0.3 is 0 Å². The van der Waals surface area contributed by atoms with Crippen molar-refractivity contribution in [3.8, 4) is 11.1 Å². The van der Waals surface area contributed by atoms with Crippen LogP contribution in [-0.4, -0.2) is 0 Å². The maximum atomic E-state index is 5.87. The second-order valence-electron chi connectivity index (χ2n) is 3.88. The Balaban J connectivity index is 0.000000437. The number of anilines is 2. The third-order valence-electron chi connectivity index (χ3n) is 2.21. The summed E-state index contributed by atoms with van der Waals surface area (Å²) < 4.78 is 0. The zero-order chi connectivity index (χ0) is 12.7. The van der Waals surface area contributed by atoms with Gasteiger partial charge in [0.1, 0.15) is 0 Å². The first-order valence-electron chi connectivity index (χ1n) is 5.90. The summed E-state index contributed by atoms with van der Waals surface area (Å²) in [5.41, 5.74) is 15.2. The molecule has 4 N–H and O–H groups in total. The predicted molar refractivity (Wildman–Crippen MR) is 76.7 cm³/mol. The van der Waals surface area contributed by atoms with Crippen molar-refractivity contribution in [3.05, 3.63) is 48.5 Å². The van der Waals surface area contributed by atoms with Gasteiger partial charge in [-0.2, -0.15) is 0 Å². The van der Waals surface area contributed by atoms with Gasteiger partial charge in [0.2, 0.25) is 0 Å². The summed E-state index contributed by atoms with van der Waals surface area (Å²) in [6, 6.07) is 15.4. The number of nitrogen functional groups attached to an aromatic ring is 2. The van der Waals surface area contributed by atoms with E-state index in [0.717, 1.165) is 22.5 Å². The van der Waals surface area contributed by atoms with E-state index >= 15 is 0 Å². The molecule has 2 aromatic carbocycles. The van der Waals surface area contributed by atoms with E-state index in [-0.39, 0.29) is 0 Å². The molecule has 0 aliphatic rings. The third kappa shape index (κ3) is 3.52. The molecule has 0 spiro atoms. The molecule has 0 fully saturated rings. The summed E-state index contributed by atoms with van der Waals surface area (Å²) >= 11 is 0. The van der Waals surface area contributed by atoms with E-state index in [2.05, 4.69) is 13.8 Å². The number of rotatable bonds is 1. The van der Waals surface area contributed by atoms with Crippen molar-refractivity contribution in [1.82, 2.24) is 0 Å². The molecule has 2 rings (SSSR count). The van der Waals surface area contributed by atoms with Crippen LogP contribution >= 0.6 is 0 Å². The Kier molecular flexibility index (Phi) is 5.08. The largest absolute Gasteiger partial charge is 0.398 e. The van der Waals surface area contributed by atoms with E-state index in [9.17, 15) is 0 Å². The molecule has 2 heteroatoms. The topological polar surface area (TPSA) is 52.0 Å². The Morgan fingerprint density at radius 2 is 1.00 bits per heavy atom. The number of nitrogens with two attached hydrogens (primary N) is 2. The lowest BCUT2D eigenvalue weighted by Gasteiger charge is -2.07. The summed E-state index contributed by atoms with van der Waals surface area (Å²) in [6.45, 7) is 4.25. The van der Waals surface area contributed by atoms with E-state index < -0.39 is 0 Å². The third-order valence-corrected chi connectivity index (χ3v) is 2.21. The van der Waals surface area contributed by atoms with Crippen molar-refractivity contribution in [3.63, 3.8) is 0 Å². The van der Waals surface area contributed by atoms with Gasteiger partial charge in [-0.25, -0.2) is 0 Å². The van der Waals surface area contributed by atoms with Crippen LogP contribution in [0.4, 0.5) is 11.4 Å². The first-order valence-corrected chi connectivity index (χ1v) is 5.90. The number of para-hydroxylation sites is 2. The van der Waals surface area contributed by atoms with Crippen LogP contribution in [0, 0.1) is 0 Å². The normalized spacial score (nSPS) is 9.29. The Hall–Kier alpha value is -1.96. The van der Waals surface area contributed by atoms with Crippen LogP contribution in [0.2, 0.25) is 0 Å². The molecule has 90 valence electrons. The maximum Gasteiger partial charge on any atom is 0.0394 e. The van der Waals surface area contributed by atoms with Crippen molar-refractivity contribution in [2.24, 2.45) is 0 Å². The van der Waals surface area contributed by atoms with Crippen molar-refractivity contribution in [2.45, 2.75) is 20.3 Å². The predicted octanol–water partition coefficient (Wildman–Crippen LogP) is 3.93. The molecule has 0 aromatic heterocycles. The van der Waals surface area contributed by atoms with E-state index in [1.54, 1.807) is 0 Å². The number of benzene rings is 2. The van der Waals surface area contributed by atoms with Crippen LogP contribution < -0.4 is 11.5 Å². The van der Waals surface area contributed by atoms with Gasteiger partial charge in [0.05, 0.1) is 0 Å². The van der Waals surface area contributed by atoms with Crippen LogP contribution in [0.5, 0.6) is 0 Å². The second kappa shape index (κ2) is 6.59. The molecular formula is C15H20N2. The van der Waals surface area contributed by atoms with Gasteiger partial charge in [-0.1, -0.05) is 56.7 Å². The molecule has 0 saturated carbocycles. The molecule has 0 heterocycles. The molecule has 0 amide bonds. The van der Waals surface area contributed by atoms with Crippen molar-refractivity contribution < 1.29 is 0 Å². The summed E-state index contributed by atoms with van der Waals surface area (Å²) in [6.07, 6.45) is 1.25. The SMILES string of the molecule is CCC.Nc1ccccc1-c1ccccc1N. The Bertz CT molecular complexity index is 420. The highest BCUT2D eigenvalue weighted by molar-refractivity contribution is 5.83. The summed E-state index contributed by atoms with van der Waals surface area (Å²) in [5, 5.41) is 0. The van der Waals surface area contributed by atoms with Gasteiger partial charge < -0.3 is 11.5 Å². The zero-order valence-corrected chi connectivity index (χ0v) is 10.5. The molecule has 0 atom stereocenters. The van der Waals surface area contributed by atoms with Gasteiger partial charge in [-0.15, -0.1) is 0 Å². The van der Waals surface area contributed by atoms with E-state index in [4.69, 9.17) is 11.5 Å². The molecular weight excluding hydrogens is 208 g/mol. The van der Waals surface area contributed by atoms with Gasteiger partial charge in [-0.3, -0.25) is 0 Å².